The molecular formula is C47H57N5O8. The summed E-state index contributed by atoms with van der Waals surface area (Å²) >= 11 is 0. The van der Waals surface area contributed by atoms with Crippen LogP contribution >= 0.6 is 0 Å². The molecule has 318 valence electrons. The molecule has 0 radical (unpaired) electrons. The van der Waals surface area contributed by atoms with E-state index in [2.05, 4.69) is 4.98 Å². The van der Waals surface area contributed by atoms with Gasteiger partial charge in [-0.15, -0.1) is 0 Å². The Morgan fingerprint density at radius 2 is 0.800 bits per heavy atom. The lowest BCUT2D eigenvalue weighted by Crippen LogP contribution is -2.31. The summed E-state index contributed by atoms with van der Waals surface area (Å²) < 4.78 is 33.5. The Labute approximate surface area is 353 Å². The highest BCUT2D eigenvalue weighted by atomic mass is 16.6. The minimum Gasteiger partial charge on any atom is -0.497 e. The summed E-state index contributed by atoms with van der Waals surface area (Å²) in [6, 6.07) is 37.0. The van der Waals surface area contributed by atoms with Gasteiger partial charge in [-0.3, -0.25) is 14.8 Å². The van der Waals surface area contributed by atoms with Crippen molar-refractivity contribution in [3.63, 3.8) is 0 Å². The molecular weight excluding hydrogens is 763 g/mol. The van der Waals surface area contributed by atoms with Gasteiger partial charge in [-0.05, 0) is 82.9 Å². The Bertz CT molecular complexity index is 1900. The van der Waals surface area contributed by atoms with E-state index >= 15 is 0 Å². The van der Waals surface area contributed by atoms with Gasteiger partial charge in [0, 0.05) is 65.7 Å². The first-order chi connectivity index (χ1) is 29.1. The largest absolute Gasteiger partial charge is 0.497 e. The molecule has 0 fully saturated rings. The zero-order valence-electron chi connectivity index (χ0n) is 35.5. The summed E-state index contributed by atoms with van der Waals surface area (Å²) in [6.45, 7) is 2.54. The summed E-state index contributed by atoms with van der Waals surface area (Å²) in [6.07, 6.45) is -0.872. The minimum absolute atomic E-state index is 0.0826. The van der Waals surface area contributed by atoms with Crippen LogP contribution in [0, 0.1) is 0 Å². The summed E-state index contributed by atoms with van der Waals surface area (Å²) in [5, 5.41) is 0. The molecule has 0 unspecified atom stereocenters. The van der Waals surface area contributed by atoms with Crippen LogP contribution in [0.1, 0.15) is 33.6 Å². The molecule has 0 bridgehead atoms. The zero-order chi connectivity index (χ0) is 42.7. The third-order valence-corrected chi connectivity index (χ3v) is 9.50. The maximum atomic E-state index is 13.3. The predicted octanol–water partition coefficient (Wildman–Crippen LogP) is 7.94. The van der Waals surface area contributed by atoms with Crippen molar-refractivity contribution in [1.29, 1.82) is 0 Å². The summed E-state index contributed by atoms with van der Waals surface area (Å²) in [5.41, 5.74) is 7.47. The fourth-order valence-corrected chi connectivity index (χ4v) is 6.11. The fraction of sp³-hybridized carbons (Fsp3) is 0.340. The molecule has 5 aromatic rings. The van der Waals surface area contributed by atoms with Gasteiger partial charge in [0.15, 0.2) is 0 Å². The van der Waals surface area contributed by atoms with Crippen LogP contribution in [0.15, 0.2) is 115 Å². The molecule has 13 nitrogen and oxygen atoms in total. The number of pyridine rings is 1. The average Bonchev–Trinajstić information content (AvgIpc) is 3.26. The Morgan fingerprint density at radius 3 is 1.12 bits per heavy atom. The van der Waals surface area contributed by atoms with Crippen LogP contribution in [0.25, 0.3) is 0 Å². The van der Waals surface area contributed by atoms with E-state index in [1.165, 1.54) is 0 Å². The molecule has 0 atom stereocenters. The quantitative estimate of drug-likeness (QED) is 0.0634. The maximum Gasteiger partial charge on any atom is 0.410 e. The van der Waals surface area contributed by atoms with Crippen molar-refractivity contribution in [2.75, 3.05) is 78.6 Å². The SMILES string of the molecule is COc1ccc(CN(Cc2ccc(N(C)C)cc2)C(=O)OCCOCc2cccc(COCCOC(=O)N(Cc3ccc(OC)cc3)Cc3ccc(N(C)C)cc3)n2)cc1. The first-order valence-corrected chi connectivity index (χ1v) is 19.8. The molecule has 5 rings (SSSR count). The number of carbonyl (C=O) groups is 2. The number of carbonyl (C=O) groups excluding carboxylic acids is 2. The first kappa shape index (κ1) is 44.8. The van der Waals surface area contributed by atoms with Crippen molar-refractivity contribution >= 4 is 23.6 Å². The van der Waals surface area contributed by atoms with E-state index in [9.17, 15) is 9.59 Å². The molecule has 0 saturated heterocycles. The predicted molar refractivity (Wildman–Crippen MR) is 232 cm³/mol. The van der Waals surface area contributed by atoms with Crippen LogP contribution in [0.2, 0.25) is 0 Å². The lowest BCUT2D eigenvalue weighted by molar-refractivity contribution is 0.0434. The monoisotopic (exact) mass is 819 g/mol. The normalized spacial score (nSPS) is 10.8. The molecule has 13 heteroatoms. The van der Waals surface area contributed by atoms with Gasteiger partial charge < -0.3 is 38.2 Å². The molecule has 1 aromatic heterocycles. The first-order valence-electron chi connectivity index (χ1n) is 19.8. The number of hydrogen-bond acceptors (Lipinski definition) is 11. The molecule has 2 amide bonds. The number of hydrogen-bond donors (Lipinski definition) is 0. The highest BCUT2D eigenvalue weighted by Gasteiger charge is 2.18. The van der Waals surface area contributed by atoms with E-state index < -0.39 is 12.2 Å². The Morgan fingerprint density at radius 1 is 0.467 bits per heavy atom. The standard InChI is InChI=1S/C47H57N5O8/c1-49(2)42-18-10-36(11-19-42)30-51(32-38-14-22-44(55-5)23-15-38)46(53)59-28-26-57-34-40-8-7-9-41(48-40)35-58-27-29-60-47(54)52(33-39-16-24-45(56-6)25-17-39)31-37-12-20-43(21-13-37)50(3)4/h7-25H,26-35H2,1-6H3. The van der Waals surface area contributed by atoms with Gasteiger partial charge in [-0.2, -0.15) is 0 Å². The number of aromatic nitrogens is 1. The molecule has 0 aliphatic carbocycles. The number of anilines is 2. The van der Waals surface area contributed by atoms with Crippen molar-refractivity contribution in [3.8, 4) is 11.5 Å². The van der Waals surface area contributed by atoms with E-state index in [0.717, 1.165) is 45.1 Å². The van der Waals surface area contributed by atoms with Gasteiger partial charge in [-0.1, -0.05) is 54.6 Å². The van der Waals surface area contributed by atoms with Crippen molar-refractivity contribution < 1.29 is 38.0 Å². The van der Waals surface area contributed by atoms with Crippen molar-refractivity contribution in [2.24, 2.45) is 0 Å². The molecule has 1 heterocycles. The number of amides is 2. The minimum atomic E-state index is -0.436. The van der Waals surface area contributed by atoms with Crippen molar-refractivity contribution in [1.82, 2.24) is 14.8 Å². The number of ether oxygens (including phenoxy) is 6. The lowest BCUT2D eigenvalue weighted by atomic mass is 10.1. The Balaban J connectivity index is 1.05. The molecule has 0 spiro atoms. The lowest BCUT2D eigenvalue weighted by Gasteiger charge is -2.23. The van der Waals surface area contributed by atoms with E-state index in [-0.39, 0.29) is 39.6 Å². The van der Waals surface area contributed by atoms with Crippen LogP contribution in [0.5, 0.6) is 11.5 Å². The second kappa shape index (κ2) is 23.3. The number of nitrogens with zero attached hydrogens (tertiary/aromatic N) is 5. The van der Waals surface area contributed by atoms with Gasteiger partial charge in [0.25, 0.3) is 0 Å². The van der Waals surface area contributed by atoms with E-state index in [4.69, 9.17) is 28.4 Å². The molecule has 60 heavy (non-hydrogen) atoms. The zero-order valence-corrected chi connectivity index (χ0v) is 35.5. The maximum absolute atomic E-state index is 13.3. The van der Waals surface area contributed by atoms with Crippen LogP contribution in [-0.2, 0) is 58.3 Å². The van der Waals surface area contributed by atoms with E-state index in [0.29, 0.717) is 37.6 Å². The average molecular weight is 820 g/mol. The van der Waals surface area contributed by atoms with Crippen LogP contribution in [-0.4, -0.2) is 95.8 Å². The summed E-state index contributed by atoms with van der Waals surface area (Å²) in [7, 11) is 11.2. The second-order valence-corrected chi connectivity index (χ2v) is 14.5. The summed E-state index contributed by atoms with van der Waals surface area (Å²) in [5.74, 6) is 1.50. The van der Waals surface area contributed by atoms with Gasteiger partial charge >= 0.3 is 12.2 Å². The Hall–Kier alpha value is -6.31. The molecule has 0 aliphatic rings. The van der Waals surface area contributed by atoms with Crippen molar-refractivity contribution in [2.45, 2.75) is 39.4 Å². The van der Waals surface area contributed by atoms with Crippen LogP contribution in [0.3, 0.4) is 0 Å². The number of benzene rings is 4. The van der Waals surface area contributed by atoms with E-state index in [1.54, 1.807) is 24.0 Å². The topological polar surface area (TPSA) is 115 Å². The highest BCUT2D eigenvalue weighted by molar-refractivity contribution is 5.68. The Kier molecular flexibility index (Phi) is 17.4. The fourth-order valence-electron chi connectivity index (χ4n) is 6.11. The van der Waals surface area contributed by atoms with E-state index in [1.807, 2.05) is 153 Å². The van der Waals surface area contributed by atoms with Gasteiger partial charge in [0.1, 0.15) is 24.7 Å². The molecule has 0 saturated carbocycles. The van der Waals surface area contributed by atoms with Gasteiger partial charge in [0.05, 0.1) is 52.0 Å². The van der Waals surface area contributed by atoms with Gasteiger partial charge in [-0.25, -0.2) is 9.59 Å². The summed E-state index contributed by atoms with van der Waals surface area (Å²) in [4.78, 5) is 38.6. The van der Waals surface area contributed by atoms with Crippen molar-refractivity contribution in [3.05, 3.63) is 149 Å². The van der Waals surface area contributed by atoms with Crippen LogP contribution in [0.4, 0.5) is 21.0 Å². The van der Waals surface area contributed by atoms with Gasteiger partial charge in [0.2, 0.25) is 0 Å². The highest BCUT2D eigenvalue weighted by Crippen LogP contribution is 2.20. The molecule has 4 aromatic carbocycles. The third kappa shape index (κ3) is 14.5. The number of methoxy groups -OCH3 is 2. The third-order valence-electron chi connectivity index (χ3n) is 9.50. The second-order valence-electron chi connectivity index (χ2n) is 14.5. The number of rotatable bonds is 22. The molecule has 0 N–H and O–H groups in total. The molecule has 0 aliphatic heterocycles. The van der Waals surface area contributed by atoms with Crippen LogP contribution < -0.4 is 19.3 Å². The smallest absolute Gasteiger partial charge is 0.410 e.